The number of carbonyl (C=O) groups is 1. The molecule has 4 N–H and O–H groups in total. The van der Waals surface area contributed by atoms with Gasteiger partial charge in [0, 0.05) is 38.8 Å². The van der Waals surface area contributed by atoms with Crippen LogP contribution >= 0.6 is 0 Å². The molecule has 0 amide bonds. The van der Waals surface area contributed by atoms with Gasteiger partial charge in [-0.05, 0) is 12.0 Å². The van der Waals surface area contributed by atoms with E-state index in [2.05, 4.69) is 22.3 Å². The number of nitrogens with two attached hydrogens (primary N) is 1. The van der Waals surface area contributed by atoms with Crippen LogP contribution in [0.25, 0.3) is 0 Å². The average Bonchev–Trinajstić information content (AvgIpc) is 2.46. The molecule has 1 fully saturated rings. The van der Waals surface area contributed by atoms with Gasteiger partial charge >= 0.3 is 5.97 Å². The Morgan fingerprint density at radius 3 is 2.75 bits per heavy atom. The molecule has 20 heavy (non-hydrogen) atoms. The highest BCUT2D eigenvalue weighted by molar-refractivity contribution is 5.70. The Labute approximate surface area is 119 Å². The van der Waals surface area contributed by atoms with Gasteiger partial charge in [-0.1, -0.05) is 30.3 Å². The molecule has 1 aliphatic rings. The molecule has 1 saturated heterocycles. The van der Waals surface area contributed by atoms with Crippen LogP contribution in [0.3, 0.4) is 0 Å². The number of carboxylic acids is 1. The highest BCUT2D eigenvalue weighted by Crippen LogP contribution is 2.17. The van der Waals surface area contributed by atoms with E-state index >= 15 is 0 Å². The number of rotatable bonds is 6. The van der Waals surface area contributed by atoms with E-state index in [0.29, 0.717) is 19.5 Å². The zero-order valence-electron chi connectivity index (χ0n) is 11.7. The van der Waals surface area contributed by atoms with Crippen LogP contribution < -0.4 is 11.1 Å². The van der Waals surface area contributed by atoms with Gasteiger partial charge in [-0.15, -0.1) is 0 Å². The van der Waals surface area contributed by atoms with Crippen molar-refractivity contribution < 1.29 is 9.90 Å². The van der Waals surface area contributed by atoms with Crippen molar-refractivity contribution >= 4 is 5.97 Å². The number of piperidine rings is 1. The van der Waals surface area contributed by atoms with Crippen LogP contribution in [-0.2, 0) is 11.3 Å². The van der Waals surface area contributed by atoms with Crippen LogP contribution in [0, 0.1) is 5.92 Å². The van der Waals surface area contributed by atoms with E-state index in [1.807, 2.05) is 18.2 Å². The Morgan fingerprint density at radius 2 is 2.10 bits per heavy atom. The molecule has 2 atom stereocenters. The molecule has 2 rings (SSSR count). The van der Waals surface area contributed by atoms with Crippen molar-refractivity contribution in [2.45, 2.75) is 19.0 Å². The summed E-state index contributed by atoms with van der Waals surface area (Å²) < 4.78 is 0. The lowest BCUT2D eigenvalue weighted by atomic mass is 9.94. The normalized spacial score (nSPS) is 23.6. The number of nitrogens with zero attached hydrogens (tertiary/aromatic N) is 1. The predicted molar refractivity (Wildman–Crippen MR) is 78.3 cm³/mol. The Kier molecular flexibility index (Phi) is 5.52. The van der Waals surface area contributed by atoms with Gasteiger partial charge in [-0.25, -0.2) is 0 Å². The summed E-state index contributed by atoms with van der Waals surface area (Å²) in [6.45, 7) is 3.57. The minimum atomic E-state index is -0.710. The highest BCUT2D eigenvalue weighted by Gasteiger charge is 2.30. The van der Waals surface area contributed by atoms with Gasteiger partial charge in [0.05, 0.1) is 5.92 Å². The number of carboxylic acid groups (broad SMARTS) is 1. The zero-order valence-corrected chi connectivity index (χ0v) is 11.7. The third-order valence-corrected chi connectivity index (χ3v) is 3.76. The second-order valence-corrected chi connectivity index (χ2v) is 5.38. The van der Waals surface area contributed by atoms with Gasteiger partial charge in [0.2, 0.25) is 0 Å². The van der Waals surface area contributed by atoms with Crippen molar-refractivity contribution in [3.63, 3.8) is 0 Å². The van der Waals surface area contributed by atoms with E-state index in [-0.39, 0.29) is 12.0 Å². The molecule has 110 valence electrons. The first-order valence-corrected chi connectivity index (χ1v) is 7.11. The number of hydrogen-bond donors (Lipinski definition) is 3. The Hall–Kier alpha value is -1.43. The number of nitrogens with one attached hydrogen (secondary N) is 1. The Bertz CT molecular complexity index is 424. The van der Waals surface area contributed by atoms with Gasteiger partial charge in [0.15, 0.2) is 0 Å². The molecule has 1 aliphatic heterocycles. The summed E-state index contributed by atoms with van der Waals surface area (Å²) in [5.41, 5.74) is 6.80. The average molecular weight is 277 g/mol. The smallest absolute Gasteiger partial charge is 0.307 e. The maximum Gasteiger partial charge on any atom is 0.307 e. The fraction of sp³-hybridized carbons (Fsp3) is 0.533. The van der Waals surface area contributed by atoms with Gasteiger partial charge in [-0.2, -0.15) is 0 Å². The van der Waals surface area contributed by atoms with Gasteiger partial charge in [-0.3, -0.25) is 9.69 Å². The molecule has 0 aliphatic carbocycles. The summed E-state index contributed by atoms with van der Waals surface area (Å²) >= 11 is 0. The third-order valence-electron chi connectivity index (χ3n) is 3.76. The molecule has 0 aromatic heterocycles. The number of aliphatic carboxylic acids is 1. The summed E-state index contributed by atoms with van der Waals surface area (Å²) in [7, 11) is 0. The third kappa shape index (κ3) is 4.30. The van der Waals surface area contributed by atoms with Crippen LogP contribution in [-0.4, -0.2) is 48.2 Å². The number of hydrogen-bond acceptors (Lipinski definition) is 4. The molecule has 0 spiro atoms. The maximum atomic E-state index is 11.2. The Balaban J connectivity index is 1.90. The second kappa shape index (κ2) is 7.38. The quantitative estimate of drug-likeness (QED) is 0.706. The van der Waals surface area contributed by atoms with Crippen molar-refractivity contribution in [2.75, 3.05) is 26.2 Å². The number of benzene rings is 1. The fourth-order valence-electron chi connectivity index (χ4n) is 2.74. The molecular formula is C15H23N3O2. The van der Waals surface area contributed by atoms with Crippen molar-refractivity contribution in [2.24, 2.45) is 11.7 Å². The second-order valence-electron chi connectivity index (χ2n) is 5.38. The van der Waals surface area contributed by atoms with Crippen LogP contribution in [0.5, 0.6) is 0 Å². The first kappa shape index (κ1) is 15.0. The van der Waals surface area contributed by atoms with E-state index < -0.39 is 5.97 Å². The maximum absolute atomic E-state index is 11.2. The predicted octanol–water partition coefficient (Wildman–Crippen LogP) is 0.510. The first-order valence-electron chi connectivity index (χ1n) is 7.11. The largest absolute Gasteiger partial charge is 0.481 e. The molecular weight excluding hydrogens is 254 g/mol. The lowest BCUT2D eigenvalue weighted by molar-refractivity contribution is -0.144. The number of likely N-dealkylation sites (tertiary alicyclic amines) is 1. The van der Waals surface area contributed by atoms with Crippen LogP contribution in [0.1, 0.15) is 12.0 Å². The van der Waals surface area contributed by atoms with Gasteiger partial charge < -0.3 is 16.2 Å². The molecule has 1 aromatic carbocycles. The van der Waals surface area contributed by atoms with E-state index in [1.54, 1.807) is 0 Å². The van der Waals surface area contributed by atoms with Gasteiger partial charge in [0.1, 0.15) is 0 Å². The Morgan fingerprint density at radius 1 is 1.35 bits per heavy atom. The van der Waals surface area contributed by atoms with Crippen molar-refractivity contribution in [3.8, 4) is 0 Å². The lowest BCUT2D eigenvalue weighted by Crippen LogP contribution is -2.51. The van der Waals surface area contributed by atoms with Gasteiger partial charge in [0.25, 0.3) is 0 Å². The summed E-state index contributed by atoms with van der Waals surface area (Å²) in [6, 6.07) is 10.4. The topological polar surface area (TPSA) is 78.6 Å². The van der Waals surface area contributed by atoms with E-state index in [4.69, 9.17) is 5.73 Å². The fourth-order valence-corrected chi connectivity index (χ4v) is 2.74. The van der Waals surface area contributed by atoms with Crippen molar-refractivity contribution in [3.05, 3.63) is 35.9 Å². The van der Waals surface area contributed by atoms with Crippen LogP contribution in [0.4, 0.5) is 0 Å². The van der Waals surface area contributed by atoms with Crippen molar-refractivity contribution in [1.29, 1.82) is 0 Å². The lowest BCUT2D eigenvalue weighted by Gasteiger charge is -2.36. The highest BCUT2D eigenvalue weighted by atomic mass is 16.4. The molecule has 0 bridgehead atoms. The minimum absolute atomic E-state index is 0.205. The summed E-state index contributed by atoms with van der Waals surface area (Å²) in [5.74, 6) is -1.01. The monoisotopic (exact) mass is 277 g/mol. The summed E-state index contributed by atoms with van der Waals surface area (Å²) in [4.78, 5) is 13.4. The summed E-state index contributed by atoms with van der Waals surface area (Å²) in [5, 5.41) is 12.7. The standard InChI is InChI=1S/C15H23N3O2/c16-6-7-18-10-13(15(19)20)8-14(11-18)17-9-12-4-2-1-3-5-12/h1-5,13-14,17H,6-11,16H2,(H,19,20). The minimum Gasteiger partial charge on any atom is -0.481 e. The molecule has 5 heteroatoms. The summed E-state index contributed by atoms with van der Waals surface area (Å²) in [6.07, 6.45) is 0.684. The van der Waals surface area contributed by atoms with E-state index in [9.17, 15) is 9.90 Å². The van der Waals surface area contributed by atoms with Crippen LogP contribution in [0.2, 0.25) is 0 Å². The first-order chi connectivity index (χ1) is 9.69. The van der Waals surface area contributed by atoms with Crippen molar-refractivity contribution in [1.82, 2.24) is 10.2 Å². The molecule has 2 unspecified atom stereocenters. The molecule has 5 nitrogen and oxygen atoms in total. The molecule has 1 aromatic rings. The van der Waals surface area contributed by atoms with E-state index in [1.165, 1.54) is 5.56 Å². The SMILES string of the molecule is NCCN1CC(NCc2ccccc2)CC(C(=O)O)C1. The van der Waals surface area contributed by atoms with Crippen LogP contribution in [0.15, 0.2) is 30.3 Å². The molecule has 1 heterocycles. The molecule has 0 saturated carbocycles. The van der Waals surface area contributed by atoms with E-state index in [0.717, 1.165) is 19.6 Å². The zero-order chi connectivity index (χ0) is 14.4. The molecule has 0 radical (unpaired) electrons.